The molecular weight excluding hydrogens is 268 g/mol. The van der Waals surface area contributed by atoms with Crippen molar-refractivity contribution in [3.8, 4) is 0 Å². The van der Waals surface area contributed by atoms with E-state index in [-0.39, 0.29) is 23.7 Å². The van der Waals surface area contributed by atoms with Gasteiger partial charge in [-0.05, 0) is 33.2 Å². The quantitative estimate of drug-likeness (QED) is 0.858. The number of rotatable bonds is 4. The highest BCUT2D eigenvalue weighted by molar-refractivity contribution is 5.85. The van der Waals surface area contributed by atoms with E-state index in [1.807, 2.05) is 6.92 Å². The Morgan fingerprint density at radius 3 is 2.95 bits per heavy atom. The summed E-state index contributed by atoms with van der Waals surface area (Å²) >= 11 is 0. The minimum atomic E-state index is -0.289. The van der Waals surface area contributed by atoms with Crippen LogP contribution in [0.4, 0.5) is 0 Å². The molecule has 1 unspecified atom stereocenters. The summed E-state index contributed by atoms with van der Waals surface area (Å²) in [5, 5.41) is 9.92. The topological polar surface area (TPSA) is 80.0 Å². The molecule has 1 aliphatic rings. The first kappa shape index (κ1) is 15.9. The van der Waals surface area contributed by atoms with Crippen LogP contribution >= 0.6 is 12.4 Å². The molecule has 7 heteroatoms. The fourth-order valence-electron chi connectivity index (χ4n) is 2.19. The molecule has 2 rings (SSSR count). The summed E-state index contributed by atoms with van der Waals surface area (Å²) in [5.74, 6) is 1.30. The van der Waals surface area contributed by atoms with Crippen LogP contribution < -0.4 is 10.6 Å². The van der Waals surface area contributed by atoms with Crippen LogP contribution in [-0.4, -0.2) is 35.7 Å². The van der Waals surface area contributed by atoms with Crippen LogP contribution in [0.2, 0.25) is 0 Å². The summed E-state index contributed by atoms with van der Waals surface area (Å²) in [7, 11) is 0. The summed E-state index contributed by atoms with van der Waals surface area (Å²) in [6.07, 6.45) is 2.56. The summed E-state index contributed by atoms with van der Waals surface area (Å²) in [4.78, 5) is 16.2. The van der Waals surface area contributed by atoms with Gasteiger partial charge in [0.1, 0.15) is 0 Å². The first-order chi connectivity index (χ1) is 8.60. The zero-order valence-corrected chi connectivity index (χ0v) is 12.2. The molecule has 0 bridgehead atoms. The molecule has 2 heterocycles. The Kier molecular flexibility index (Phi) is 5.75. The van der Waals surface area contributed by atoms with E-state index in [1.165, 1.54) is 0 Å². The predicted molar refractivity (Wildman–Crippen MR) is 73.2 cm³/mol. The van der Waals surface area contributed by atoms with Gasteiger partial charge in [-0.15, -0.1) is 12.4 Å². The number of halogens is 1. The average Bonchev–Trinajstić information content (AvgIpc) is 2.76. The van der Waals surface area contributed by atoms with E-state index in [0.29, 0.717) is 24.7 Å². The molecule has 6 nitrogen and oxygen atoms in total. The lowest BCUT2D eigenvalue weighted by Crippen LogP contribution is -2.49. The van der Waals surface area contributed by atoms with Crippen molar-refractivity contribution >= 4 is 18.3 Å². The monoisotopic (exact) mass is 288 g/mol. The van der Waals surface area contributed by atoms with E-state index in [2.05, 4.69) is 20.8 Å². The molecule has 1 aromatic heterocycles. The predicted octanol–water partition coefficient (Wildman–Crippen LogP) is 0.848. The summed E-state index contributed by atoms with van der Waals surface area (Å²) in [6, 6.07) is 0. The van der Waals surface area contributed by atoms with Crippen LogP contribution in [-0.2, 0) is 11.2 Å². The normalized spacial score (nSPS) is 22.6. The molecular formula is C12H21ClN4O2. The van der Waals surface area contributed by atoms with E-state index < -0.39 is 0 Å². The number of amides is 1. The highest BCUT2D eigenvalue weighted by atomic mass is 35.5. The molecule has 1 aromatic rings. The van der Waals surface area contributed by atoms with Gasteiger partial charge in [-0.25, -0.2) is 0 Å². The third-order valence-corrected chi connectivity index (χ3v) is 3.34. The van der Waals surface area contributed by atoms with E-state index >= 15 is 0 Å². The van der Waals surface area contributed by atoms with Gasteiger partial charge in [-0.2, -0.15) is 4.98 Å². The minimum Gasteiger partial charge on any atom is -0.355 e. The van der Waals surface area contributed by atoms with Crippen LogP contribution in [0.25, 0.3) is 0 Å². The van der Waals surface area contributed by atoms with Gasteiger partial charge >= 0.3 is 0 Å². The van der Waals surface area contributed by atoms with Gasteiger partial charge in [0.15, 0.2) is 5.82 Å². The van der Waals surface area contributed by atoms with Crippen molar-refractivity contribution < 1.29 is 9.32 Å². The smallest absolute Gasteiger partial charge is 0.228 e. The molecule has 1 amide bonds. The molecule has 0 aliphatic carbocycles. The Morgan fingerprint density at radius 1 is 1.58 bits per heavy atom. The van der Waals surface area contributed by atoms with E-state index in [4.69, 9.17) is 4.52 Å². The van der Waals surface area contributed by atoms with Crippen molar-refractivity contribution in [2.45, 2.75) is 33.1 Å². The first-order valence-electron chi connectivity index (χ1n) is 6.38. The van der Waals surface area contributed by atoms with E-state index in [0.717, 1.165) is 25.9 Å². The Hall–Kier alpha value is -1.14. The lowest BCUT2D eigenvalue weighted by Gasteiger charge is -2.32. The first-order valence-corrected chi connectivity index (χ1v) is 6.38. The van der Waals surface area contributed by atoms with Crippen molar-refractivity contribution in [2.75, 3.05) is 19.6 Å². The molecule has 0 saturated carbocycles. The van der Waals surface area contributed by atoms with Crippen molar-refractivity contribution in [3.63, 3.8) is 0 Å². The zero-order valence-electron chi connectivity index (χ0n) is 11.4. The van der Waals surface area contributed by atoms with Crippen LogP contribution in [0.5, 0.6) is 0 Å². The van der Waals surface area contributed by atoms with Gasteiger partial charge in [-0.1, -0.05) is 5.16 Å². The molecule has 1 fully saturated rings. The molecule has 1 saturated heterocycles. The van der Waals surface area contributed by atoms with Gasteiger partial charge in [-0.3, -0.25) is 4.79 Å². The Bertz CT molecular complexity index is 416. The number of carbonyl (C=O) groups is 1. The van der Waals surface area contributed by atoms with Crippen molar-refractivity contribution in [3.05, 3.63) is 11.7 Å². The SMILES string of the molecule is Cc1noc(CCNC(=O)C2(C)CCCNC2)n1.Cl. The third-order valence-electron chi connectivity index (χ3n) is 3.34. The molecule has 0 aromatic carbocycles. The fourth-order valence-corrected chi connectivity index (χ4v) is 2.19. The summed E-state index contributed by atoms with van der Waals surface area (Å²) in [5.41, 5.74) is -0.289. The van der Waals surface area contributed by atoms with Gasteiger partial charge < -0.3 is 15.2 Å². The maximum Gasteiger partial charge on any atom is 0.228 e. The Balaban J connectivity index is 0.00000180. The number of hydrogen-bond acceptors (Lipinski definition) is 5. The lowest BCUT2D eigenvalue weighted by molar-refractivity contribution is -0.131. The highest BCUT2D eigenvalue weighted by Gasteiger charge is 2.34. The number of piperidine rings is 1. The van der Waals surface area contributed by atoms with Crippen molar-refractivity contribution in [1.82, 2.24) is 20.8 Å². The number of carbonyl (C=O) groups excluding carboxylic acids is 1. The molecule has 1 atom stereocenters. The van der Waals surface area contributed by atoms with Crippen LogP contribution in [0, 0.1) is 12.3 Å². The molecule has 19 heavy (non-hydrogen) atoms. The fraction of sp³-hybridized carbons (Fsp3) is 0.750. The second-order valence-electron chi connectivity index (χ2n) is 5.08. The Morgan fingerprint density at radius 2 is 2.37 bits per heavy atom. The lowest BCUT2D eigenvalue weighted by atomic mass is 9.82. The van der Waals surface area contributed by atoms with Crippen LogP contribution in [0.15, 0.2) is 4.52 Å². The molecule has 0 radical (unpaired) electrons. The highest BCUT2D eigenvalue weighted by Crippen LogP contribution is 2.25. The average molecular weight is 289 g/mol. The van der Waals surface area contributed by atoms with Gasteiger partial charge in [0, 0.05) is 19.5 Å². The summed E-state index contributed by atoms with van der Waals surface area (Å²) < 4.78 is 4.99. The molecule has 2 N–H and O–H groups in total. The van der Waals surface area contributed by atoms with Crippen LogP contribution in [0.1, 0.15) is 31.5 Å². The largest absolute Gasteiger partial charge is 0.355 e. The zero-order chi connectivity index (χ0) is 13.0. The number of nitrogens with one attached hydrogen (secondary N) is 2. The van der Waals surface area contributed by atoms with Crippen molar-refractivity contribution in [2.24, 2.45) is 5.41 Å². The maximum absolute atomic E-state index is 12.1. The standard InChI is InChI=1S/C12H20N4O2.ClH/c1-9-15-10(18-16-9)4-7-14-11(17)12(2)5-3-6-13-8-12;/h13H,3-8H2,1-2H3,(H,14,17);1H. The summed E-state index contributed by atoms with van der Waals surface area (Å²) in [6.45, 7) is 6.07. The number of nitrogens with zero attached hydrogens (tertiary/aromatic N) is 2. The second kappa shape index (κ2) is 6.86. The maximum atomic E-state index is 12.1. The van der Waals surface area contributed by atoms with E-state index in [9.17, 15) is 4.79 Å². The van der Waals surface area contributed by atoms with Crippen molar-refractivity contribution in [1.29, 1.82) is 0 Å². The van der Waals surface area contributed by atoms with E-state index in [1.54, 1.807) is 6.92 Å². The van der Waals surface area contributed by atoms with Crippen LogP contribution in [0.3, 0.4) is 0 Å². The van der Waals surface area contributed by atoms with Gasteiger partial charge in [0.05, 0.1) is 5.41 Å². The molecule has 108 valence electrons. The minimum absolute atomic E-state index is 0. The molecule has 1 aliphatic heterocycles. The number of hydrogen-bond donors (Lipinski definition) is 2. The number of aromatic nitrogens is 2. The second-order valence-corrected chi connectivity index (χ2v) is 5.08. The number of aryl methyl sites for hydroxylation is 1. The Labute approximate surface area is 119 Å². The molecule has 0 spiro atoms. The van der Waals surface area contributed by atoms with Gasteiger partial charge in [0.25, 0.3) is 0 Å². The third kappa shape index (κ3) is 4.18. The van der Waals surface area contributed by atoms with Gasteiger partial charge in [0.2, 0.25) is 11.8 Å².